The molecular formula is C37H47N11O6. The van der Waals surface area contributed by atoms with Crippen LogP contribution in [0, 0.1) is 5.92 Å². The van der Waals surface area contributed by atoms with E-state index < -0.39 is 35.8 Å². The standard InChI is InChI=1S/C37H47N11O6/c1-23(2)19-28-37(53)41-24(3)35-44-33(26-11-6-5-7-12-26)45-48(35)22-29(49)39-17-10-18-47(21-30(50)40-25(4)36(52)42-28)32(51)15-8-14-31-43-34(46-54-31)27-13-9-16-38-20-27/h5-7,9,11-13,16,20,23-25,28H,8,10,14-15,17-19,21-22H2,1-4H3,(H,39,49)(H,40,50)(H,41,53)(H,42,52)/t24-,25+,28+/m0/s1. The molecule has 3 atom stereocenters. The summed E-state index contributed by atoms with van der Waals surface area (Å²) in [5, 5.41) is 19.8. The minimum Gasteiger partial charge on any atom is -0.354 e. The van der Waals surface area contributed by atoms with Gasteiger partial charge in [-0.1, -0.05) is 49.3 Å². The molecule has 54 heavy (non-hydrogen) atoms. The van der Waals surface area contributed by atoms with Crippen LogP contribution in [0.25, 0.3) is 22.8 Å². The Hall–Kier alpha value is -6.00. The molecule has 4 N–H and O–H groups in total. The van der Waals surface area contributed by atoms with Gasteiger partial charge in [0.25, 0.3) is 0 Å². The fraction of sp³-hybridized carbons (Fsp3) is 0.459. The molecular weight excluding hydrogens is 694 g/mol. The van der Waals surface area contributed by atoms with Gasteiger partial charge in [-0.25, -0.2) is 9.67 Å². The average Bonchev–Trinajstić information content (AvgIpc) is 3.80. The third kappa shape index (κ3) is 11.0. The van der Waals surface area contributed by atoms with E-state index in [4.69, 9.17) is 4.52 Å². The van der Waals surface area contributed by atoms with Gasteiger partial charge in [-0.2, -0.15) is 10.1 Å². The van der Waals surface area contributed by atoms with E-state index in [9.17, 15) is 24.0 Å². The van der Waals surface area contributed by atoms with Gasteiger partial charge < -0.3 is 30.7 Å². The van der Waals surface area contributed by atoms with Crippen LogP contribution in [0.1, 0.15) is 71.1 Å². The van der Waals surface area contributed by atoms with Crippen LogP contribution in [0.3, 0.4) is 0 Å². The Kier molecular flexibility index (Phi) is 13.6. The molecule has 0 bridgehead atoms. The molecule has 0 spiro atoms. The number of carbonyl (C=O) groups is 5. The molecule has 0 saturated heterocycles. The van der Waals surface area contributed by atoms with E-state index >= 15 is 0 Å². The summed E-state index contributed by atoms with van der Waals surface area (Å²) in [5.41, 5.74) is 1.44. The van der Waals surface area contributed by atoms with E-state index in [2.05, 4.69) is 46.5 Å². The van der Waals surface area contributed by atoms with E-state index in [1.807, 2.05) is 50.2 Å². The number of amides is 5. The summed E-state index contributed by atoms with van der Waals surface area (Å²) in [7, 11) is 0. The summed E-state index contributed by atoms with van der Waals surface area (Å²) in [5.74, 6) is -0.649. The van der Waals surface area contributed by atoms with Gasteiger partial charge in [0, 0.05) is 49.5 Å². The highest BCUT2D eigenvalue weighted by Crippen LogP contribution is 2.20. The average molecular weight is 742 g/mol. The van der Waals surface area contributed by atoms with Crippen molar-refractivity contribution in [2.45, 2.75) is 84.5 Å². The molecule has 0 radical (unpaired) electrons. The van der Waals surface area contributed by atoms with E-state index in [-0.39, 0.29) is 50.3 Å². The highest BCUT2D eigenvalue weighted by molar-refractivity contribution is 5.93. The van der Waals surface area contributed by atoms with Crippen LogP contribution >= 0.6 is 0 Å². The highest BCUT2D eigenvalue weighted by Gasteiger charge is 2.29. The molecule has 5 amide bonds. The van der Waals surface area contributed by atoms with Crippen molar-refractivity contribution in [3.05, 3.63) is 66.6 Å². The fourth-order valence-corrected chi connectivity index (χ4v) is 5.90. The maximum absolute atomic E-state index is 13.6. The second kappa shape index (κ2) is 18.7. The third-order valence-corrected chi connectivity index (χ3v) is 8.67. The molecule has 17 nitrogen and oxygen atoms in total. The summed E-state index contributed by atoms with van der Waals surface area (Å²) in [6.45, 7) is 6.99. The molecule has 0 unspecified atom stereocenters. The van der Waals surface area contributed by atoms with Gasteiger partial charge in [-0.3, -0.25) is 29.0 Å². The monoisotopic (exact) mass is 741 g/mol. The molecule has 5 rings (SSSR count). The zero-order chi connectivity index (χ0) is 38.6. The van der Waals surface area contributed by atoms with Crippen molar-refractivity contribution in [3.8, 4) is 22.8 Å². The number of carbonyl (C=O) groups excluding carboxylic acids is 5. The van der Waals surface area contributed by atoms with Gasteiger partial charge in [0.15, 0.2) is 5.82 Å². The molecule has 286 valence electrons. The van der Waals surface area contributed by atoms with Crippen LogP contribution in [0.15, 0.2) is 59.4 Å². The first-order valence-corrected chi connectivity index (χ1v) is 18.1. The summed E-state index contributed by atoms with van der Waals surface area (Å²) >= 11 is 0. The van der Waals surface area contributed by atoms with Gasteiger partial charge in [-0.05, 0) is 51.2 Å². The van der Waals surface area contributed by atoms with Crippen molar-refractivity contribution in [3.63, 3.8) is 0 Å². The minimum absolute atomic E-state index is 0.0440. The van der Waals surface area contributed by atoms with Crippen molar-refractivity contribution in [2.24, 2.45) is 5.92 Å². The van der Waals surface area contributed by atoms with Crippen molar-refractivity contribution in [2.75, 3.05) is 19.6 Å². The van der Waals surface area contributed by atoms with Crippen molar-refractivity contribution in [1.82, 2.24) is 56.1 Å². The predicted octanol–water partition coefficient (Wildman–Crippen LogP) is 1.97. The zero-order valence-electron chi connectivity index (χ0n) is 30.9. The summed E-state index contributed by atoms with van der Waals surface area (Å²) in [6, 6.07) is 10.3. The number of aromatic nitrogens is 6. The molecule has 3 aromatic heterocycles. The van der Waals surface area contributed by atoms with Crippen LogP contribution in [0.2, 0.25) is 0 Å². The maximum Gasteiger partial charge on any atom is 0.243 e. The smallest absolute Gasteiger partial charge is 0.243 e. The number of benzene rings is 1. The minimum atomic E-state index is -1.00. The summed E-state index contributed by atoms with van der Waals surface area (Å²) in [6.07, 6.45) is 4.75. The van der Waals surface area contributed by atoms with Crippen LogP contribution < -0.4 is 21.3 Å². The first-order valence-electron chi connectivity index (χ1n) is 18.1. The Morgan fingerprint density at radius 1 is 0.889 bits per heavy atom. The second-order valence-electron chi connectivity index (χ2n) is 13.7. The molecule has 1 aliphatic rings. The molecule has 4 aromatic rings. The summed E-state index contributed by atoms with van der Waals surface area (Å²) < 4.78 is 6.80. The molecule has 1 aliphatic heterocycles. The predicted molar refractivity (Wildman–Crippen MR) is 196 cm³/mol. The quantitative estimate of drug-likeness (QED) is 0.205. The number of rotatable bonds is 8. The van der Waals surface area contributed by atoms with Gasteiger partial charge in [0.2, 0.25) is 41.3 Å². The van der Waals surface area contributed by atoms with Crippen LogP contribution in [0.5, 0.6) is 0 Å². The lowest BCUT2D eigenvalue weighted by molar-refractivity contribution is -0.137. The largest absolute Gasteiger partial charge is 0.354 e. The van der Waals surface area contributed by atoms with E-state index in [0.717, 1.165) is 5.56 Å². The van der Waals surface area contributed by atoms with Crippen molar-refractivity contribution >= 4 is 29.5 Å². The van der Waals surface area contributed by atoms with E-state index in [1.54, 1.807) is 25.4 Å². The normalized spacial score (nSPS) is 19.4. The number of nitrogens with one attached hydrogen (secondary N) is 4. The molecule has 0 fully saturated rings. The van der Waals surface area contributed by atoms with Gasteiger partial charge in [0.05, 0.1) is 12.6 Å². The highest BCUT2D eigenvalue weighted by atomic mass is 16.5. The van der Waals surface area contributed by atoms with Crippen LogP contribution in [0.4, 0.5) is 0 Å². The molecule has 0 aliphatic carbocycles. The third-order valence-electron chi connectivity index (χ3n) is 8.67. The second-order valence-corrected chi connectivity index (χ2v) is 13.7. The first-order chi connectivity index (χ1) is 26.0. The molecule has 17 heteroatoms. The number of aryl methyl sites for hydroxylation is 1. The topological polar surface area (TPSA) is 219 Å². The lowest BCUT2D eigenvalue weighted by Crippen LogP contribution is -2.54. The number of pyridine rings is 1. The molecule has 1 aromatic carbocycles. The number of nitrogens with zero attached hydrogens (tertiary/aromatic N) is 7. The lowest BCUT2D eigenvalue weighted by Gasteiger charge is -2.25. The fourth-order valence-electron chi connectivity index (χ4n) is 5.90. The van der Waals surface area contributed by atoms with Crippen LogP contribution in [-0.2, 0) is 36.9 Å². The van der Waals surface area contributed by atoms with Crippen LogP contribution in [-0.4, -0.2) is 96.0 Å². The Balaban J connectivity index is 1.31. The van der Waals surface area contributed by atoms with E-state index in [1.165, 1.54) is 16.5 Å². The van der Waals surface area contributed by atoms with E-state index in [0.29, 0.717) is 54.6 Å². The summed E-state index contributed by atoms with van der Waals surface area (Å²) in [4.78, 5) is 81.3. The Bertz CT molecular complexity index is 1900. The Morgan fingerprint density at radius 3 is 2.41 bits per heavy atom. The van der Waals surface area contributed by atoms with Gasteiger partial charge in [-0.15, -0.1) is 0 Å². The first kappa shape index (κ1) is 39.2. The zero-order valence-corrected chi connectivity index (χ0v) is 30.9. The van der Waals surface area contributed by atoms with Crippen molar-refractivity contribution in [1.29, 1.82) is 0 Å². The Labute approximate surface area is 313 Å². The lowest BCUT2D eigenvalue weighted by atomic mass is 10.0. The Morgan fingerprint density at radius 2 is 1.67 bits per heavy atom. The number of fused-ring (bicyclic) bond motifs is 1. The maximum atomic E-state index is 13.6. The molecule has 0 saturated carbocycles. The molecule has 4 heterocycles. The van der Waals surface area contributed by atoms with Gasteiger partial charge in [0.1, 0.15) is 24.5 Å². The number of hydrogen-bond donors (Lipinski definition) is 4. The van der Waals surface area contributed by atoms with Crippen molar-refractivity contribution < 1.29 is 28.5 Å². The van der Waals surface area contributed by atoms with Gasteiger partial charge >= 0.3 is 0 Å². The number of hydrogen-bond acceptors (Lipinski definition) is 11. The SMILES string of the molecule is CC(C)C[C@H]1NC(=O)[C@@H](C)NC(=O)CN(C(=O)CCCc2nc(-c3cccnc3)no2)CCCNC(=O)Cn2nc(-c3ccccc3)nc2[C@H](C)NC1=O.